The molecule has 0 aliphatic carbocycles. The van der Waals surface area contributed by atoms with Crippen molar-refractivity contribution in [1.82, 2.24) is 35.3 Å². The maximum atomic E-state index is 11.8. The van der Waals surface area contributed by atoms with Crippen LogP contribution in [-0.4, -0.2) is 42.4 Å². The van der Waals surface area contributed by atoms with E-state index in [1.165, 1.54) is 23.7 Å². The average Bonchev–Trinajstić information content (AvgIpc) is 3.05. The predicted molar refractivity (Wildman–Crippen MR) is 62.4 cm³/mol. The van der Waals surface area contributed by atoms with Crippen LogP contribution in [0, 0.1) is 0 Å². The monoisotopic (exact) mass is 249 g/mol. The van der Waals surface area contributed by atoms with Crippen LogP contribution in [0.15, 0.2) is 19.0 Å². The minimum Gasteiger partial charge on any atom is -0.354 e. The van der Waals surface area contributed by atoms with Gasteiger partial charge in [-0.25, -0.2) is 14.6 Å². The van der Waals surface area contributed by atoms with Crippen LogP contribution in [0.25, 0.3) is 0 Å². The molecule has 96 valence electrons. The van der Waals surface area contributed by atoms with Gasteiger partial charge >= 0.3 is 0 Å². The average molecular weight is 249 g/mol. The second-order valence-electron chi connectivity index (χ2n) is 3.88. The van der Waals surface area contributed by atoms with E-state index in [0.29, 0.717) is 6.54 Å². The second kappa shape index (κ2) is 5.89. The van der Waals surface area contributed by atoms with E-state index in [1.807, 2.05) is 0 Å². The lowest BCUT2D eigenvalue weighted by Crippen LogP contribution is -2.32. The van der Waals surface area contributed by atoms with Gasteiger partial charge in [0.15, 0.2) is 0 Å². The highest BCUT2D eigenvalue weighted by molar-refractivity contribution is 5.79. The van der Waals surface area contributed by atoms with E-state index in [9.17, 15) is 4.79 Å². The number of carbonyl (C=O) groups excluding carboxylic acids is 1. The second-order valence-corrected chi connectivity index (χ2v) is 3.88. The van der Waals surface area contributed by atoms with Gasteiger partial charge in [-0.1, -0.05) is 0 Å². The molecule has 0 saturated heterocycles. The van der Waals surface area contributed by atoms with Crippen LogP contribution >= 0.6 is 0 Å². The minimum absolute atomic E-state index is 0.0712. The Morgan fingerprint density at radius 3 is 3.11 bits per heavy atom. The number of nitrogens with zero attached hydrogens (tertiary/aromatic N) is 5. The van der Waals surface area contributed by atoms with Crippen molar-refractivity contribution in [2.24, 2.45) is 0 Å². The number of rotatable bonds is 6. The summed E-state index contributed by atoms with van der Waals surface area (Å²) < 4.78 is 1.52. The lowest BCUT2D eigenvalue weighted by molar-refractivity contribution is -0.124. The summed E-state index contributed by atoms with van der Waals surface area (Å²) in [7, 11) is 0. The van der Waals surface area contributed by atoms with Gasteiger partial charge in [0.2, 0.25) is 5.91 Å². The zero-order valence-electron chi connectivity index (χ0n) is 10.1. The number of aromatic nitrogens is 6. The van der Waals surface area contributed by atoms with Gasteiger partial charge in [0, 0.05) is 13.0 Å². The van der Waals surface area contributed by atoms with Crippen LogP contribution in [0.1, 0.15) is 25.2 Å². The summed E-state index contributed by atoms with van der Waals surface area (Å²) in [5.74, 6) is 0.756. The Morgan fingerprint density at radius 1 is 1.56 bits per heavy atom. The number of amides is 1. The zero-order chi connectivity index (χ0) is 12.8. The molecule has 1 atom stereocenters. The van der Waals surface area contributed by atoms with Gasteiger partial charge in [-0.2, -0.15) is 10.2 Å². The standard InChI is InChI=1S/C10H15N7O/c1-8(17-7-11-5-15-17)10(18)12-4-2-3-9-13-6-14-16-9/h5-8H,2-4H2,1H3,(H,12,18)(H,13,14,16). The van der Waals surface area contributed by atoms with E-state index in [2.05, 4.69) is 30.6 Å². The third-order valence-electron chi connectivity index (χ3n) is 2.57. The van der Waals surface area contributed by atoms with Crippen LogP contribution < -0.4 is 5.32 Å². The molecule has 0 spiro atoms. The number of hydrogen-bond acceptors (Lipinski definition) is 5. The van der Waals surface area contributed by atoms with Gasteiger partial charge in [-0.05, 0) is 13.3 Å². The molecule has 1 unspecified atom stereocenters. The van der Waals surface area contributed by atoms with Gasteiger partial charge in [0.25, 0.3) is 0 Å². The summed E-state index contributed by atoms with van der Waals surface area (Å²) in [6.07, 6.45) is 5.98. The van der Waals surface area contributed by atoms with Crippen molar-refractivity contribution in [2.75, 3.05) is 6.54 Å². The highest BCUT2D eigenvalue weighted by atomic mass is 16.2. The summed E-state index contributed by atoms with van der Waals surface area (Å²) in [5, 5.41) is 13.3. The van der Waals surface area contributed by atoms with E-state index < -0.39 is 0 Å². The molecule has 0 aliphatic heterocycles. The van der Waals surface area contributed by atoms with Gasteiger partial charge in [-0.3, -0.25) is 9.89 Å². The largest absolute Gasteiger partial charge is 0.354 e. The van der Waals surface area contributed by atoms with Crippen molar-refractivity contribution in [3.05, 3.63) is 24.8 Å². The Balaban J connectivity index is 1.69. The summed E-state index contributed by atoms with van der Waals surface area (Å²) in [5.41, 5.74) is 0. The maximum absolute atomic E-state index is 11.8. The maximum Gasteiger partial charge on any atom is 0.244 e. The number of hydrogen-bond donors (Lipinski definition) is 2. The lowest BCUT2D eigenvalue weighted by Gasteiger charge is -2.11. The number of carbonyl (C=O) groups is 1. The normalized spacial score (nSPS) is 12.3. The highest BCUT2D eigenvalue weighted by Crippen LogP contribution is 2.01. The number of nitrogens with one attached hydrogen (secondary N) is 2. The molecule has 2 heterocycles. The van der Waals surface area contributed by atoms with Gasteiger partial charge in [0.05, 0.1) is 0 Å². The molecule has 0 saturated carbocycles. The van der Waals surface area contributed by atoms with Gasteiger partial charge in [0.1, 0.15) is 30.8 Å². The van der Waals surface area contributed by atoms with Crippen LogP contribution in [0.5, 0.6) is 0 Å². The Kier molecular flexibility index (Phi) is 4.00. The van der Waals surface area contributed by atoms with Gasteiger partial charge < -0.3 is 5.32 Å². The van der Waals surface area contributed by atoms with Crippen molar-refractivity contribution in [2.45, 2.75) is 25.8 Å². The molecule has 0 fully saturated rings. The fourth-order valence-electron chi connectivity index (χ4n) is 1.50. The number of aryl methyl sites for hydroxylation is 1. The van der Waals surface area contributed by atoms with Crippen molar-refractivity contribution in [1.29, 1.82) is 0 Å². The van der Waals surface area contributed by atoms with Crippen molar-refractivity contribution >= 4 is 5.91 Å². The SMILES string of the molecule is CC(C(=O)NCCCc1ncn[nH]1)n1cncn1. The lowest BCUT2D eigenvalue weighted by atomic mass is 10.2. The topological polar surface area (TPSA) is 101 Å². The molecule has 0 bridgehead atoms. The highest BCUT2D eigenvalue weighted by Gasteiger charge is 2.14. The minimum atomic E-state index is -0.349. The van der Waals surface area contributed by atoms with Crippen molar-refractivity contribution in [3.63, 3.8) is 0 Å². The van der Waals surface area contributed by atoms with E-state index in [4.69, 9.17) is 0 Å². The molecule has 0 radical (unpaired) electrons. The van der Waals surface area contributed by atoms with Gasteiger partial charge in [-0.15, -0.1) is 0 Å². The Labute approximate surface area is 104 Å². The predicted octanol–water partition coefficient (Wildman–Crippen LogP) is -0.294. The Hall–Kier alpha value is -2.25. The van der Waals surface area contributed by atoms with Crippen LogP contribution in [-0.2, 0) is 11.2 Å². The van der Waals surface area contributed by atoms with Crippen LogP contribution in [0.2, 0.25) is 0 Å². The summed E-state index contributed by atoms with van der Waals surface area (Å²) in [6, 6.07) is -0.349. The molecule has 2 aromatic rings. The number of H-pyrrole nitrogens is 1. The van der Waals surface area contributed by atoms with E-state index in [-0.39, 0.29) is 11.9 Å². The molecule has 0 aliphatic rings. The summed E-state index contributed by atoms with van der Waals surface area (Å²) in [4.78, 5) is 19.6. The molecule has 2 rings (SSSR count). The van der Waals surface area contributed by atoms with E-state index in [0.717, 1.165) is 18.7 Å². The van der Waals surface area contributed by atoms with E-state index in [1.54, 1.807) is 6.92 Å². The first kappa shape index (κ1) is 12.2. The molecule has 18 heavy (non-hydrogen) atoms. The Morgan fingerprint density at radius 2 is 2.44 bits per heavy atom. The van der Waals surface area contributed by atoms with E-state index >= 15 is 0 Å². The molecule has 8 heteroatoms. The fourth-order valence-corrected chi connectivity index (χ4v) is 1.50. The third-order valence-corrected chi connectivity index (χ3v) is 2.57. The molecule has 2 aromatic heterocycles. The first-order valence-corrected chi connectivity index (χ1v) is 5.73. The number of aromatic amines is 1. The molecule has 2 N–H and O–H groups in total. The molecular formula is C10H15N7O. The third kappa shape index (κ3) is 3.12. The molecule has 1 amide bonds. The quantitative estimate of drug-likeness (QED) is 0.685. The molecule has 8 nitrogen and oxygen atoms in total. The van der Waals surface area contributed by atoms with Crippen LogP contribution in [0.3, 0.4) is 0 Å². The van der Waals surface area contributed by atoms with Crippen LogP contribution in [0.4, 0.5) is 0 Å². The summed E-state index contributed by atoms with van der Waals surface area (Å²) in [6.45, 7) is 2.37. The molecule has 0 aromatic carbocycles. The Bertz CT molecular complexity index is 464. The fraction of sp³-hybridized carbons (Fsp3) is 0.500. The molecular weight excluding hydrogens is 234 g/mol. The van der Waals surface area contributed by atoms with Crippen molar-refractivity contribution in [3.8, 4) is 0 Å². The summed E-state index contributed by atoms with van der Waals surface area (Å²) >= 11 is 0. The smallest absolute Gasteiger partial charge is 0.244 e. The van der Waals surface area contributed by atoms with Crippen molar-refractivity contribution < 1.29 is 4.79 Å². The first-order valence-electron chi connectivity index (χ1n) is 5.73. The first-order chi connectivity index (χ1) is 8.77. The zero-order valence-corrected chi connectivity index (χ0v) is 10.1.